The zero-order chi connectivity index (χ0) is 17.3. The molecular weight excluding hydrogens is 328 g/mol. The molecule has 0 aliphatic carbocycles. The van der Waals surface area contributed by atoms with E-state index in [-0.39, 0.29) is 0 Å². The average molecular weight is 346 g/mol. The van der Waals surface area contributed by atoms with Gasteiger partial charge in [-0.15, -0.1) is 5.10 Å². The summed E-state index contributed by atoms with van der Waals surface area (Å²) in [4.78, 5) is 22.0. The monoisotopic (exact) mass is 346 g/mol. The number of hydrogen-bond donors (Lipinski definition) is 0. The lowest BCUT2D eigenvalue weighted by Gasteiger charge is -2.24. The number of aromatic nitrogens is 6. The van der Waals surface area contributed by atoms with Gasteiger partial charge in [0.15, 0.2) is 11.3 Å². The van der Waals surface area contributed by atoms with Crippen molar-refractivity contribution in [3.8, 4) is 0 Å². The van der Waals surface area contributed by atoms with E-state index >= 15 is 0 Å². The maximum atomic E-state index is 4.67. The van der Waals surface area contributed by atoms with E-state index in [4.69, 9.17) is 0 Å². The smallest absolute Gasteiger partial charge is 0.164 e. The fraction of sp³-hybridized carbons (Fsp3) is 0.278. The van der Waals surface area contributed by atoms with Gasteiger partial charge in [0.2, 0.25) is 0 Å². The van der Waals surface area contributed by atoms with Crippen molar-refractivity contribution in [3.05, 3.63) is 49.2 Å². The Balaban J connectivity index is 1.41. The summed E-state index contributed by atoms with van der Waals surface area (Å²) in [6, 6.07) is 8.02. The lowest BCUT2D eigenvalue weighted by atomic mass is 10.3. The molecule has 0 amide bonds. The molecule has 0 radical (unpaired) electrons. The highest BCUT2D eigenvalue weighted by molar-refractivity contribution is 5.86. The van der Waals surface area contributed by atoms with Crippen LogP contribution in [-0.2, 0) is 0 Å². The highest BCUT2D eigenvalue weighted by atomic mass is 15.3. The normalized spacial score (nSPS) is 15.5. The van der Waals surface area contributed by atoms with Gasteiger partial charge >= 0.3 is 0 Å². The second-order valence-corrected chi connectivity index (χ2v) is 6.32. The van der Waals surface area contributed by atoms with Crippen LogP contribution in [-0.4, -0.2) is 55.7 Å². The molecule has 0 N–H and O–H groups in total. The Morgan fingerprint density at radius 3 is 2.73 bits per heavy atom. The fourth-order valence-electron chi connectivity index (χ4n) is 3.47. The minimum Gasteiger partial charge on any atom is -0.354 e. The van der Waals surface area contributed by atoms with Crippen LogP contribution in [0.2, 0.25) is 0 Å². The molecule has 0 atom stereocenters. The molecule has 1 aliphatic rings. The van der Waals surface area contributed by atoms with E-state index in [9.17, 15) is 0 Å². The second kappa shape index (κ2) is 6.21. The number of nitrogens with zero attached hydrogens (tertiary/aromatic N) is 8. The molecule has 26 heavy (non-hydrogen) atoms. The third-order valence-electron chi connectivity index (χ3n) is 4.75. The lowest BCUT2D eigenvalue weighted by molar-refractivity contribution is 0.776. The van der Waals surface area contributed by atoms with Gasteiger partial charge in [0.1, 0.15) is 18.0 Å². The minimum absolute atomic E-state index is 0.742. The van der Waals surface area contributed by atoms with Crippen LogP contribution < -0.4 is 9.80 Å². The number of pyridine rings is 1. The summed E-state index contributed by atoms with van der Waals surface area (Å²) in [5.41, 5.74) is 1.61. The van der Waals surface area contributed by atoms with E-state index in [1.54, 1.807) is 18.7 Å². The standard InChI is InChI=1S/C18H18N8/c1-3-14-17(20-6-1)21-13-22-18(14)25-9-2-8-24(11-12-25)16-5-4-15-19-7-10-26(15)23-16/h1,3-7,10,13H,2,8-9,11-12H2. The molecule has 0 saturated carbocycles. The number of anilines is 2. The van der Waals surface area contributed by atoms with Crippen molar-refractivity contribution < 1.29 is 0 Å². The van der Waals surface area contributed by atoms with Crippen molar-refractivity contribution in [1.29, 1.82) is 0 Å². The predicted molar refractivity (Wildman–Crippen MR) is 99.4 cm³/mol. The van der Waals surface area contributed by atoms with E-state index in [0.717, 1.165) is 60.9 Å². The summed E-state index contributed by atoms with van der Waals surface area (Å²) in [6.45, 7) is 3.68. The molecule has 8 heteroatoms. The average Bonchev–Trinajstić information content (AvgIpc) is 3.03. The Labute approximate surface area is 150 Å². The van der Waals surface area contributed by atoms with Gasteiger partial charge in [0, 0.05) is 44.8 Å². The van der Waals surface area contributed by atoms with Gasteiger partial charge in [-0.3, -0.25) is 0 Å². The number of fused-ring (bicyclic) bond motifs is 2. The zero-order valence-corrected chi connectivity index (χ0v) is 14.2. The second-order valence-electron chi connectivity index (χ2n) is 6.32. The molecule has 1 saturated heterocycles. The predicted octanol–water partition coefficient (Wildman–Crippen LogP) is 1.78. The van der Waals surface area contributed by atoms with E-state index < -0.39 is 0 Å². The summed E-state index contributed by atoms with van der Waals surface area (Å²) in [7, 11) is 0. The molecular formula is C18H18N8. The summed E-state index contributed by atoms with van der Waals surface area (Å²) in [5.74, 6) is 1.94. The van der Waals surface area contributed by atoms with Gasteiger partial charge in [-0.2, -0.15) is 0 Å². The molecule has 0 unspecified atom stereocenters. The van der Waals surface area contributed by atoms with Crippen molar-refractivity contribution in [1.82, 2.24) is 29.5 Å². The number of imidazole rings is 1. The van der Waals surface area contributed by atoms with E-state index in [0.29, 0.717) is 0 Å². The van der Waals surface area contributed by atoms with Crippen molar-refractivity contribution >= 4 is 28.3 Å². The molecule has 4 aromatic heterocycles. The highest BCUT2D eigenvalue weighted by Crippen LogP contribution is 2.23. The first-order valence-corrected chi connectivity index (χ1v) is 8.74. The molecule has 5 rings (SSSR count). The molecule has 130 valence electrons. The van der Waals surface area contributed by atoms with Crippen LogP contribution >= 0.6 is 0 Å². The topological polar surface area (TPSA) is 75.3 Å². The first-order chi connectivity index (χ1) is 12.9. The molecule has 8 nitrogen and oxygen atoms in total. The molecule has 4 aromatic rings. The summed E-state index contributed by atoms with van der Waals surface area (Å²) in [6.07, 6.45) is 8.05. The fourth-order valence-corrected chi connectivity index (χ4v) is 3.47. The quantitative estimate of drug-likeness (QED) is 0.548. The SMILES string of the molecule is c1cnc2ncnc(N3CCCN(c4ccc5nccn5n4)CC3)c2c1. The molecule has 0 aromatic carbocycles. The van der Waals surface area contributed by atoms with E-state index in [1.807, 2.05) is 35.0 Å². The Morgan fingerprint density at radius 1 is 0.808 bits per heavy atom. The Hall–Kier alpha value is -3.29. The van der Waals surface area contributed by atoms with Crippen molar-refractivity contribution in [2.24, 2.45) is 0 Å². The molecule has 0 bridgehead atoms. The third kappa shape index (κ3) is 2.59. The summed E-state index contributed by atoms with van der Waals surface area (Å²) < 4.78 is 1.82. The Morgan fingerprint density at radius 2 is 1.73 bits per heavy atom. The molecule has 1 aliphatic heterocycles. The van der Waals surface area contributed by atoms with Crippen LogP contribution in [0.1, 0.15) is 6.42 Å². The first-order valence-electron chi connectivity index (χ1n) is 8.74. The summed E-state index contributed by atoms with van der Waals surface area (Å²) in [5, 5.41) is 5.68. The minimum atomic E-state index is 0.742. The van der Waals surface area contributed by atoms with Gasteiger partial charge < -0.3 is 9.80 Å². The van der Waals surface area contributed by atoms with Crippen LogP contribution in [0.4, 0.5) is 11.6 Å². The van der Waals surface area contributed by atoms with Gasteiger partial charge in [0.25, 0.3) is 0 Å². The van der Waals surface area contributed by atoms with Crippen LogP contribution in [0.25, 0.3) is 16.7 Å². The lowest BCUT2D eigenvalue weighted by Crippen LogP contribution is -2.32. The van der Waals surface area contributed by atoms with Crippen LogP contribution in [0.5, 0.6) is 0 Å². The van der Waals surface area contributed by atoms with Gasteiger partial charge in [0.05, 0.1) is 5.39 Å². The van der Waals surface area contributed by atoms with Gasteiger partial charge in [-0.25, -0.2) is 24.5 Å². The van der Waals surface area contributed by atoms with E-state index in [1.165, 1.54) is 0 Å². The maximum Gasteiger partial charge on any atom is 0.164 e. The highest BCUT2D eigenvalue weighted by Gasteiger charge is 2.19. The molecule has 1 fully saturated rings. The largest absolute Gasteiger partial charge is 0.354 e. The van der Waals surface area contributed by atoms with Crippen LogP contribution in [0.15, 0.2) is 49.2 Å². The number of rotatable bonds is 2. The van der Waals surface area contributed by atoms with Crippen molar-refractivity contribution in [3.63, 3.8) is 0 Å². The van der Waals surface area contributed by atoms with Crippen LogP contribution in [0.3, 0.4) is 0 Å². The van der Waals surface area contributed by atoms with Crippen molar-refractivity contribution in [2.45, 2.75) is 6.42 Å². The maximum absolute atomic E-state index is 4.67. The third-order valence-corrected chi connectivity index (χ3v) is 4.75. The van der Waals surface area contributed by atoms with E-state index in [2.05, 4.69) is 34.8 Å². The van der Waals surface area contributed by atoms with Gasteiger partial charge in [-0.1, -0.05) is 0 Å². The first kappa shape index (κ1) is 15.0. The van der Waals surface area contributed by atoms with Gasteiger partial charge in [-0.05, 0) is 30.7 Å². The molecule has 5 heterocycles. The Kier molecular flexibility index (Phi) is 3.59. The molecule has 0 spiro atoms. The van der Waals surface area contributed by atoms with Crippen LogP contribution in [0, 0.1) is 0 Å². The van der Waals surface area contributed by atoms with Crippen molar-refractivity contribution in [2.75, 3.05) is 36.0 Å². The Bertz CT molecular complexity index is 1050. The summed E-state index contributed by atoms with van der Waals surface area (Å²) >= 11 is 0. The zero-order valence-electron chi connectivity index (χ0n) is 14.2. The number of hydrogen-bond acceptors (Lipinski definition) is 7.